The van der Waals surface area contributed by atoms with E-state index in [9.17, 15) is 0 Å². The molecule has 17 heavy (non-hydrogen) atoms. The molecular weight excluding hydrogens is 228 g/mol. The smallest absolute Gasteiger partial charge is 0.0376 e. The maximum absolute atomic E-state index is 3.51. The van der Waals surface area contributed by atoms with Crippen LogP contribution in [0.15, 0.2) is 24.3 Å². The van der Waals surface area contributed by atoms with Crippen LogP contribution in [-0.2, 0) is 0 Å². The largest absolute Gasteiger partial charge is 0.385 e. The van der Waals surface area contributed by atoms with E-state index in [2.05, 4.69) is 46.2 Å². The predicted octanol–water partition coefficient (Wildman–Crippen LogP) is 2.63. The van der Waals surface area contributed by atoms with Crippen LogP contribution in [0.2, 0.25) is 0 Å². The van der Waals surface area contributed by atoms with Gasteiger partial charge in [0.25, 0.3) is 0 Å². The molecule has 0 aliphatic carbocycles. The summed E-state index contributed by atoms with van der Waals surface area (Å²) >= 11 is 2.09. The van der Waals surface area contributed by atoms with Crippen LogP contribution in [-0.4, -0.2) is 42.6 Å². The van der Waals surface area contributed by atoms with Crippen LogP contribution < -0.4 is 5.32 Å². The molecule has 0 amide bonds. The lowest BCUT2D eigenvalue weighted by molar-refractivity contribution is 0.277. The van der Waals surface area contributed by atoms with Crippen molar-refractivity contribution in [2.75, 3.05) is 43.0 Å². The molecule has 1 aromatic rings. The van der Waals surface area contributed by atoms with Gasteiger partial charge >= 0.3 is 0 Å². The zero-order valence-corrected chi connectivity index (χ0v) is 11.0. The molecule has 0 aromatic heterocycles. The van der Waals surface area contributed by atoms with Gasteiger partial charge in [-0.1, -0.05) is 18.2 Å². The molecule has 1 aromatic carbocycles. The number of hydrogen-bond acceptors (Lipinski definition) is 3. The van der Waals surface area contributed by atoms with E-state index in [-0.39, 0.29) is 0 Å². The molecule has 0 bridgehead atoms. The summed E-state index contributed by atoms with van der Waals surface area (Å²) in [6.45, 7) is 4.93. The third kappa shape index (κ3) is 2.61. The topological polar surface area (TPSA) is 15.3 Å². The average Bonchev–Trinajstić information content (AvgIpc) is 2.40. The van der Waals surface area contributed by atoms with Gasteiger partial charge < -0.3 is 10.2 Å². The van der Waals surface area contributed by atoms with Crippen molar-refractivity contribution in [2.24, 2.45) is 0 Å². The van der Waals surface area contributed by atoms with Crippen LogP contribution in [0, 0.1) is 0 Å². The number of anilines is 1. The molecule has 2 nitrogen and oxygen atoms in total. The van der Waals surface area contributed by atoms with E-state index >= 15 is 0 Å². The van der Waals surface area contributed by atoms with Gasteiger partial charge in [-0.3, -0.25) is 0 Å². The fraction of sp³-hybridized carbons (Fsp3) is 0.571. The standard InChI is InChI=1S/C14H20N2S/c1-2-4-14-13(3-1)12(5-6-15-14)11-16-7-9-17-10-8-16/h1-4,12,15H,5-11H2. The number of benzene rings is 1. The maximum Gasteiger partial charge on any atom is 0.0376 e. The molecule has 1 N–H and O–H groups in total. The van der Waals surface area contributed by atoms with Gasteiger partial charge in [-0.05, 0) is 18.1 Å². The second-order valence-corrected chi connectivity index (χ2v) is 6.14. The number of fused-ring (bicyclic) bond motifs is 1. The lowest BCUT2D eigenvalue weighted by Gasteiger charge is -2.33. The van der Waals surface area contributed by atoms with Crippen molar-refractivity contribution in [1.82, 2.24) is 4.90 Å². The second kappa shape index (κ2) is 5.32. The molecule has 1 fully saturated rings. The summed E-state index contributed by atoms with van der Waals surface area (Å²) in [5, 5.41) is 3.51. The summed E-state index contributed by atoms with van der Waals surface area (Å²) in [5.41, 5.74) is 2.88. The highest BCUT2D eigenvalue weighted by molar-refractivity contribution is 7.99. The van der Waals surface area contributed by atoms with Gasteiger partial charge in [0.2, 0.25) is 0 Å². The zero-order valence-electron chi connectivity index (χ0n) is 10.2. The Morgan fingerprint density at radius 1 is 1.24 bits per heavy atom. The van der Waals surface area contributed by atoms with E-state index in [4.69, 9.17) is 0 Å². The van der Waals surface area contributed by atoms with Crippen molar-refractivity contribution >= 4 is 17.4 Å². The highest BCUT2D eigenvalue weighted by Crippen LogP contribution is 2.32. The van der Waals surface area contributed by atoms with Crippen molar-refractivity contribution < 1.29 is 0 Å². The quantitative estimate of drug-likeness (QED) is 0.866. The number of nitrogens with zero attached hydrogens (tertiary/aromatic N) is 1. The van der Waals surface area contributed by atoms with Crippen LogP contribution in [0.1, 0.15) is 17.9 Å². The lowest BCUT2D eigenvalue weighted by atomic mass is 9.90. The lowest BCUT2D eigenvalue weighted by Crippen LogP contribution is -2.37. The molecule has 2 aliphatic rings. The van der Waals surface area contributed by atoms with E-state index in [0.29, 0.717) is 0 Å². The first-order chi connectivity index (χ1) is 8.43. The fourth-order valence-corrected chi connectivity index (χ4v) is 3.81. The van der Waals surface area contributed by atoms with Gasteiger partial charge in [-0.15, -0.1) is 0 Å². The zero-order chi connectivity index (χ0) is 11.5. The number of rotatable bonds is 2. The molecular formula is C14H20N2S. The van der Waals surface area contributed by atoms with Gasteiger partial charge in [-0.2, -0.15) is 11.8 Å². The highest BCUT2D eigenvalue weighted by atomic mass is 32.2. The van der Waals surface area contributed by atoms with E-state index in [1.165, 1.54) is 48.8 Å². The second-order valence-electron chi connectivity index (χ2n) is 4.91. The highest BCUT2D eigenvalue weighted by Gasteiger charge is 2.22. The van der Waals surface area contributed by atoms with Gasteiger partial charge in [0.15, 0.2) is 0 Å². The van der Waals surface area contributed by atoms with Crippen molar-refractivity contribution in [3.8, 4) is 0 Å². The van der Waals surface area contributed by atoms with Crippen LogP contribution in [0.4, 0.5) is 5.69 Å². The molecule has 2 heterocycles. The summed E-state index contributed by atoms with van der Waals surface area (Å²) in [6, 6.07) is 8.81. The van der Waals surface area contributed by atoms with Crippen molar-refractivity contribution in [3.05, 3.63) is 29.8 Å². The van der Waals surface area contributed by atoms with Crippen molar-refractivity contribution in [3.63, 3.8) is 0 Å². The Kier molecular flexibility index (Phi) is 3.57. The number of hydrogen-bond donors (Lipinski definition) is 1. The van der Waals surface area contributed by atoms with Gasteiger partial charge in [0.05, 0.1) is 0 Å². The Balaban J connectivity index is 1.71. The fourth-order valence-electron chi connectivity index (χ4n) is 2.84. The first-order valence-corrected chi connectivity index (χ1v) is 7.72. The molecule has 0 saturated carbocycles. The Morgan fingerprint density at radius 2 is 2.06 bits per heavy atom. The number of thioether (sulfide) groups is 1. The molecule has 1 atom stereocenters. The summed E-state index contributed by atoms with van der Waals surface area (Å²) in [7, 11) is 0. The molecule has 3 rings (SSSR count). The van der Waals surface area contributed by atoms with E-state index in [1.807, 2.05) is 0 Å². The minimum atomic E-state index is 0.732. The molecule has 1 unspecified atom stereocenters. The summed E-state index contributed by atoms with van der Waals surface area (Å²) in [4.78, 5) is 2.64. The minimum absolute atomic E-state index is 0.732. The molecule has 1 saturated heterocycles. The van der Waals surface area contributed by atoms with E-state index in [0.717, 1.165) is 12.5 Å². The van der Waals surface area contributed by atoms with Gasteiger partial charge in [-0.25, -0.2) is 0 Å². The van der Waals surface area contributed by atoms with Crippen LogP contribution in [0.3, 0.4) is 0 Å². The number of para-hydroxylation sites is 1. The van der Waals surface area contributed by atoms with Crippen LogP contribution >= 0.6 is 11.8 Å². The SMILES string of the molecule is c1ccc2c(c1)NCCC2CN1CCSCC1. The van der Waals surface area contributed by atoms with Crippen LogP contribution in [0.25, 0.3) is 0 Å². The van der Waals surface area contributed by atoms with Crippen molar-refractivity contribution in [2.45, 2.75) is 12.3 Å². The third-order valence-electron chi connectivity index (χ3n) is 3.79. The third-order valence-corrected chi connectivity index (χ3v) is 4.73. The maximum atomic E-state index is 3.51. The Morgan fingerprint density at radius 3 is 2.94 bits per heavy atom. The van der Waals surface area contributed by atoms with Crippen LogP contribution in [0.5, 0.6) is 0 Å². The molecule has 0 radical (unpaired) electrons. The first-order valence-electron chi connectivity index (χ1n) is 6.56. The molecule has 92 valence electrons. The first kappa shape index (κ1) is 11.4. The minimum Gasteiger partial charge on any atom is -0.385 e. The molecule has 0 spiro atoms. The monoisotopic (exact) mass is 248 g/mol. The van der Waals surface area contributed by atoms with Gasteiger partial charge in [0.1, 0.15) is 0 Å². The Bertz CT molecular complexity index is 374. The van der Waals surface area contributed by atoms with Gasteiger partial charge in [0, 0.05) is 49.3 Å². The predicted molar refractivity (Wildman–Crippen MR) is 76.1 cm³/mol. The van der Waals surface area contributed by atoms with E-state index < -0.39 is 0 Å². The molecule has 3 heteroatoms. The number of nitrogens with one attached hydrogen (secondary N) is 1. The Labute approximate surface area is 108 Å². The normalized spacial score (nSPS) is 25.1. The molecule has 2 aliphatic heterocycles. The Hall–Kier alpha value is -0.670. The summed E-state index contributed by atoms with van der Waals surface area (Å²) in [6.07, 6.45) is 1.28. The summed E-state index contributed by atoms with van der Waals surface area (Å²) in [5.74, 6) is 3.36. The van der Waals surface area contributed by atoms with E-state index in [1.54, 1.807) is 0 Å². The summed E-state index contributed by atoms with van der Waals surface area (Å²) < 4.78 is 0. The van der Waals surface area contributed by atoms with Crippen molar-refractivity contribution in [1.29, 1.82) is 0 Å². The average molecular weight is 248 g/mol.